The quantitative estimate of drug-likeness (QED) is 0.210. The van der Waals surface area contributed by atoms with Crippen molar-refractivity contribution in [2.75, 3.05) is 4.90 Å². The van der Waals surface area contributed by atoms with Crippen LogP contribution in [-0.2, 0) is 12.5 Å². The van der Waals surface area contributed by atoms with Crippen LogP contribution in [0.4, 0.5) is 17.1 Å². The van der Waals surface area contributed by atoms with E-state index in [0.717, 1.165) is 11.4 Å². The Morgan fingerprint density at radius 2 is 1.12 bits per heavy atom. The van der Waals surface area contributed by atoms with Gasteiger partial charge in [0.1, 0.15) is 0 Å². The lowest BCUT2D eigenvalue weighted by Crippen LogP contribution is -2.16. The van der Waals surface area contributed by atoms with Gasteiger partial charge in [0.05, 0.1) is 0 Å². The molecule has 2 nitrogen and oxygen atoms in total. The van der Waals surface area contributed by atoms with Gasteiger partial charge in [0, 0.05) is 51.3 Å². The number of aryl methyl sites for hydroxylation is 2. The largest absolute Gasteiger partial charge is 0.344 e. The molecular formula is C41H34N2. The van der Waals surface area contributed by atoms with E-state index < -0.39 is 0 Å². The van der Waals surface area contributed by atoms with Crippen LogP contribution in [0.25, 0.3) is 44.1 Å². The van der Waals surface area contributed by atoms with Gasteiger partial charge in [0.2, 0.25) is 0 Å². The molecule has 6 aromatic carbocycles. The van der Waals surface area contributed by atoms with E-state index in [0.29, 0.717) is 0 Å². The molecule has 0 saturated carbocycles. The minimum absolute atomic E-state index is 0.0506. The Bertz CT molecular complexity index is 2160. The average Bonchev–Trinajstić information content (AvgIpc) is 3.45. The van der Waals surface area contributed by atoms with Crippen LogP contribution in [0.3, 0.4) is 0 Å². The van der Waals surface area contributed by atoms with E-state index >= 15 is 0 Å². The molecule has 1 heterocycles. The Morgan fingerprint density at radius 3 is 1.91 bits per heavy atom. The molecule has 0 aliphatic heterocycles. The highest BCUT2D eigenvalue weighted by Crippen LogP contribution is 2.50. The van der Waals surface area contributed by atoms with Crippen molar-refractivity contribution in [1.29, 1.82) is 0 Å². The predicted molar refractivity (Wildman–Crippen MR) is 183 cm³/mol. The highest BCUT2D eigenvalue weighted by Gasteiger charge is 2.35. The summed E-state index contributed by atoms with van der Waals surface area (Å²) < 4.78 is 2.29. The lowest BCUT2D eigenvalue weighted by atomic mass is 9.82. The molecule has 0 radical (unpaired) electrons. The van der Waals surface area contributed by atoms with Crippen LogP contribution in [0.5, 0.6) is 0 Å². The third-order valence-electron chi connectivity index (χ3n) is 9.49. The fraction of sp³-hybridized carbons (Fsp3) is 0.122. The topological polar surface area (TPSA) is 8.17 Å². The molecule has 0 amide bonds. The van der Waals surface area contributed by atoms with E-state index in [1.165, 1.54) is 66.4 Å². The van der Waals surface area contributed by atoms with Crippen molar-refractivity contribution >= 4 is 38.9 Å². The summed E-state index contributed by atoms with van der Waals surface area (Å²) in [4.78, 5) is 2.39. The zero-order chi connectivity index (χ0) is 29.3. The second kappa shape index (κ2) is 9.47. The number of hydrogen-bond acceptors (Lipinski definition) is 1. The maximum Gasteiger partial charge on any atom is 0.0489 e. The summed E-state index contributed by atoms with van der Waals surface area (Å²) in [5.41, 5.74) is 15.1. The van der Waals surface area contributed by atoms with Gasteiger partial charge in [-0.05, 0) is 94.9 Å². The van der Waals surface area contributed by atoms with Gasteiger partial charge in [0.15, 0.2) is 0 Å². The minimum Gasteiger partial charge on any atom is -0.344 e. The van der Waals surface area contributed by atoms with Crippen LogP contribution in [-0.4, -0.2) is 4.57 Å². The Balaban J connectivity index is 1.22. The van der Waals surface area contributed by atoms with Gasteiger partial charge in [-0.15, -0.1) is 0 Å². The van der Waals surface area contributed by atoms with Gasteiger partial charge in [-0.2, -0.15) is 0 Å². The van der Waals surface area contributed by atoms with Gasteiger partial charge in [-0.3, -0.25) is 0 Å². The van der Waals surface area contributed by atoms with Crippen LogP contribution >= 0.6 is 0 Å². The molecule has 0 saturated heterocycles. The molecule has 1 aliphatic carbocycles. The standard InChI is InChI=1S/C41H34N2/c1-27-13-18-30(19-14-27)43(32-22-23-34-33-9-5-7-11-37(33)41(2,3)38(34)26-32)31-20-15-28(16-21-31)29-17-24-40-36(25-29)35-10-6-8-12-39(35)42(40)4/h5-26H,1-4H3. The number of benzene rings is 6. The third-order valence-corrected chi connectivity index (χ3v) is 9.49. The van der Waals surface area contributed by atoms with E-state index in [-0.39, 0.29) is 5.41 Å². The molecule has 1 aliphatic rings. The van der Waals surface area contributed by atoms with Crippen molar-refractivity contribution in [3.8, 4) is 22.3 Å². The fourth-order valence-corrected chi connectivity index (χ4v) is 7.12. The highest BCUT2D eigenvalue weighted by atomic mass is 15.1. The van der Waals surface area contributed by atoms with Gasteiger partial charge in [-0.25, -0.2) is 0 Å². The molecular weight excluding hydrogens is 520 g/mol. The summed E-state index contributed by atoms with van der Waals surface area (Å²) in [6.07, 6.45) is 0. The molecule has 0 N–H and O–H groups in total. The smallest absolute Gasteiger partial charge is 0.0489 e. The van der Waals surface area contributed by atoms with Crippen LogP contribution in [0, 0.1) is 6.92 Å². The van der Waals surface area contributed by atoms with Crippen molar-refractivity contribution < 1.29 is 0 Å². The first kappa shape index (κ1) is 25.6. The second-order valence-corrected chi connectivity index (χ2v) is 12.4. The van der Waals surface area contributed by atoms with Crippen molar-refractivity contribution in [3.05, 3.63) is 150 Å². The van der Waals surface area contributed by atoms with Gasteiger partial charge >= 0.3 is 0 Å². The van der Waals surface area contributed by atoms with E-state index in [2.05, 4.69) is 171 Å². The number of hydrogen-bond donors (Lipinski definition) is 0. The number of anilines is 3. The van der Waals surface area contributed by atoms with Crippen molar-refractivity contribution in [2.45, 2.75) is 26.2 Å². The first-order valence-corrected chi connectivity index (χ1v) is 15.1. The second-order valence-electron chi connectivity index (χ2n) is 12.4. The molecule has 0 spiro atoms. The van der Waals surface area contributed by atoms with Crippen LogP contribution in [0.2, 0.25) is 0 Å². The number of nitrogens with zero attached hydrogens (tertiary/aromatic N) is 2. The predicted octanol–water partition coefficient (Wildman–Crippen LogP) is 11.1. The first-order valence-electron chi connectivity index (χ1n) is 15.1. The highest BCUT2D eigenvalue weighted by molar-refractivity contribution is 6.09. The summed E-state index contributed by atoms with van der Waals surface area (Å²) in [5, 5.41) is 2.59. The van der Waals surface area contributed by atoms with Crippen LogP contribution in [0.1, 0.15) is 30.5 Å². The summed E-state index contributed by atoms with van der Waals surface area (Å²) in [5.74, 6) is 0. The van der Waals surface area contributed by atoms with Crippen molar-refractivity contribution in [2.24, 2.45) is 7.05 Å². The summed E-state index contributed by atoms with van der Waals surface area (Å²) in [7, 11) is 2.15. The van der Waals surface area contributed by atoms with Crippen molar-refractivity contribution in [3.63, 3.8) is 0 Å². The summed E-state index contributed by atoms with van der Waals surface area (Å²) in [6.45, 7) is 6.84. The van der Waals surface area contributed by atoms with E-state index in [1.807, 2.05) is 0 Å². The number of fused-ring (bicyclic) bond motifs is 6. The lowest BCUT2D eigenvalue weighted by molar-refractivity contribution is 0.660. The Hall–Kier alpha value is -5.08. The Morgan fingerprint density at radius 1 is 0.512 bits per heavy atom. The molecule has 0 fully saturated rings. The molecule has 7 aromatic rings. The Kier molecular flexibility index (Phi) is 5.64. The molecule has 0 atom stereocenters. The summed E-state index contributed by atoms with van der Waals surface area (Å²) >= 11 is 0. The van der Waals surface area contributed by atoms with E-state index in [9.17, 15) is 0 Å². The minimum atomic E-state index is -0.0506. The van der Waals surface area contributed by atoms with E-state index in [4.69, 9.17) is 0 Å². The molecule has 43 heavy (non-hydrogen) atoms. The third kappa shape index (κ3) is 3.94. The maximum absolute atomic E-state index is 2.40. The monoisotopic (exact) mass is 554 g/mol. The number of para-hydroxylation sites is 1. The van der Waals surface area contributed by atoms with Crippen LogP contribution < -0.4 is 4.90 Å². The molecule has 1 aromatic heterocycles. The number of aromatic nitrogens is 1. The van der Waals surface area contributed by atoms with Crippen molar-refractivity contribution in [1.82, 2.24) is 4.57 Å². The zero-order valence-corrected chi connectivity index (χ0v) is 25.1. The normalized spacial score (nSPS) is 13.3. The van der Waals surface area contributed by atoms with Gasteiger partial charge in [0.25, 0.3) is 0 Å². The lowest BCUT2D eigenvalue weighted by Gasteiger charge is -2.28. The average molecular weight is 555 g/mol. The first-order chi connectivity index (χ1) is 20.9. The SMILES string of the molecule is Cc1ccc(N(c2ccc(-c3ccc4c(c3)c3ccccc3n4C)cc2)c2ccc3c(c2)C(C)(C)c2ccccc2-3)cc1. The summed E-state index contributed by atoms with van der Waals surface area (Å²) in [6, 6.07) is 49.2. The molecule has 0 bridgehead atoms. The number of rotatable bonds is 4. The van der Waals surface area contributed by atoms with Gasteiger partial charge in [-0.1, -0.05) is 98.3 Å². The maximum atomic E-state index is 2.40. The molecule has 2 heteroatoms. The fourth-order valence-electron chi connectivity index (χ4n) is 7.12. The van der Waals surface area contributed by atoms with Gasteiger partial charge < -0.3 is 9.47 Å². The molecule has 0 unspecified atom stereocenters. The Labute approximate surface area is 253 Å². The molecule has 8 rings (SSSR count). The van der Waals surface area contributed by atoms with Crippen LogP contribution in [0.15, 0.2) is 133 Å². The molecule has 208 valence electrons. The zero-order valence-electron chi connectivity index (χ0n) is 25.1. The van der Waals surface area contributed by atoms with E-state index in [1.54, 1.807) is 0 Å².